The van der Waals surface area contributed by atoms with Crippen LogP contribution in [0, 0.1) is 0 Å². The number of hydrogen-bond acceptors (Lipinski definition) is 3. The Labute approximate surface area is 109 Å². The van der Waals surface area contributed by atoms with Crippen LogP contribution in [0.15, 0.2) is 10.8 Å². The molecule has 0 aliphatic heterocycles. The maximum Gasteiger partial charge on any atom is 0.232 e. The minimum Gasteiger partial charge on any atom is -0.473 e. The fraction of sp³-hybridized carbons (Fsp3) is 0.636. The molecular formula is C11H14BrClN2O. The average molecular weight is 306 g/mol. The molecule has 0 radical (unpaired) electrons. The fourth-order valence-electron chi connectivity index (χ4n) is 1.93. The van der Waals surface area contributed by atoms with Gasteiger partial charge in [-0.3, -0.25) is 0 Å². The van der Waals surface area contributed by atoms with E-state index in [4.69, 9.17) is 16.3 Å². The summed E-state index contributed by atoms with van der Waals surface area (Å²) in [6, 6.07) is 0. The third-order valence-electron chi connectivity index (χ3n) is 2.80. The minimum atomic E-state index is 0.268. The van der Waals surface area contributed by atoms with Crippen LogP contribution in [-0.4, -0.2) is 16.1 Å². The summed E-state index contributed by atoms with van der Waals surface area (Å²) in [5, 5.41) is 0.402. The molecule has 1 aliphatic carbocycles. The highest BCUT2D eigenvalue weighted by Crippen LogP contribution is 2.30. The number of halogens is 2. The van der Waals surface area contributed by atoms with Crippen LogP contribution < -0.4 is 4.74 Å². The Kier molecular flexibility index (Phi) is 4.41. The molecule has 2 rings (SSSR count). The van der Waals surface area contributed by atoms with Gasteiger partial charge in [0.25, 0.3) is 0 Å². The standard InChI is InChI=1S/C11H14BrClN2O/c12-9-10(13)14-7-15-11(9)16-8-5-3-1-2-4-6-8/h7-8H,1-6H2. The van der Waals surface area contributed by atoms with Crippen LogP contribution >= 0.6 is 27.5 Å². The van der Waals surface area contributed by atoms with Gasteiger partial charge in [0.05, 0.1) is 0 Å². The average Bonchev–Trinajstić information content (AvgIpc) is 2.53. The summed E-state index contributed by atoms with van der Waals surface area (Å²) in [4.78, 5) is 7.98. The van der Waals surface area contributed by atoms with Crippen molar-refractivity contribution in [2.75, 3.05) is 0 Å². The highest BCUT2D eigenvalue weighted by Gasteiger charge is 2.17. The summed E-state index contributed by atoms with van der Waals surface area (Å²) in [7, 11) is 0. The van der Waals surface area contributed by atoms with Gasteiger partial charge in [-0.25, -0.2) is 9.97 Å². The first kappa shape index (κ1) is 12.1. The molecule has 0 unspecified atom stereocenters. The van der Waals surface area contributed by atoms with Crippen molar-refractivity contribution in [2.45, 2.75) is 44.6 Å². The van der Waals surface area contributed by atoms with E-state index < -0.39 is 0 Å². The van der Waals surface area contributed by atoms with Gasteiger partial charge in [-0.05, 0) is 41.6 Å². The van der Waals surface area contributed by atoms with Gasteiger partial charge in [0.1, 0.15) is 16.9 Å². The molecule has 0 N–H and O–H groups in total. The minimum absolute atomic E-state index is 0.268. The van der Waals surface area contributed by atoms with Crippen LogP contribution in [0.25, 0.3) is 0 Å². The van der Waals surface area contributed by atoms with E-state index in [1.54, 1.807) is 0 Å². The smallest absolute Gasteiger partial charge is 0.232 e. The lowest BCUT2D eigenvalue weighted by Gasteiger charge is -2.16. The van der Waals surface area contributed by atoms with Crippen molar-refractivity contribution in [2.24, 2.45) is 0 Å². The van der Waals surface area contributed by atoms with Crippen molar-refractivity contribution in [3.05, 3.63) is 16.0 Å². The highest BCUT2D eigenvalue weighted by molar-refractivity contribution is 9.10. The molecule has 16 heavy (non-hydrogen) atoms. The van der Waals surface area contributed by atoms with Crippen molar-refractivity contribution in [1.29, 1.82) is 0 Å². The van der Waals surface area contributed by atoms with E-state index in [0.717, 1.165) is 12.8 Å². The maximum atomic E-state index is 5.89. The molecular weight excluding hydrogens is 291 g/mol. The van der Waals surface area contributed by atoms with Crippen LogP contribution in [0.5, 0.6) is 5.88 Å². The van der Waals surface area contributed by atoms with Crippen molar-refractivity contribution >= 4 is 27.5 Å². The predicted octanol–water partition coefficient (Wildman–Crippen LogP) is 3.99. The SMILES string of the molecule is Clc1ncnc(OC2CCCCCC2)c1Br. The van der Waals surface area contributed by atoms with Gasteiger partial charge >= 0.3 is 0 Å². The Bertz CT molecular complexity index is 354. The van der Waals surface area contributed by atoms with E-state index in [-0.39, 0.29) is 6.10 Å². The molecule has 0 bridgehead atoms. The van der Waals surface area contributed by atoms with E-state index in [1.165, 1.54) is 32.0 Å². The number of aromatic nitrogens is 2. The second-order valence-corrected chi connectivity index (χ2v) is 5.17. The topological polar surface area (TPSA) is 35.0 Å². The van der Waals surface area contributed by atoms with Crippen molar-refractivity contribution in [3.63, 3.8) is 0 Å². The van der Waals surface area contributed by atoms with Gasteiger partial charge in [-0.15, -0.1) is 0 Å². The third kappa shape index (κ3) is 3.08. The molecule has 0 atom stereocenters. The molecule has 1 aromatic heterocycles. The quantitative estimate of drug-likeness (QED) is 0.612. The van der Waals surface area contributed by atoms with Crippen LogP contribution in [-0.2, 0) is 0 Å². The Morgan fingerprint density at radius 3 is 2.56 bits per heavy atom. The number of rotatable bonds is 2. The van der Waals surface area contributed by atoms with Gasteiger partial charge in [0.2, 0.25) is 5.88 Å². The number of ether oxygens (including phenoxy) is 1. The lowest BCUT2D eigenvalue weighted by atomic mass is 10.1. The van der Waals surface area contributed by atoms with Gasteiger partial charge < -0.3 is 4.74 Å². The zero-order valence-electron chi connectivity index (χ0n) is 8.96. The molecule has 3 nitrogen and oxygen atoms in total. The van der Waals surface area contributed by atoms with Gasteiger partial charge in [0.15, 0.2) is 5.15 Å². The largest absolute Gasteiger partial charge is 0.473 e. The first-order valence-electron chi connectivity index (χ1n) is 5.60. The van der Waals surface area contributed by atoms with Gasteiger partial charge in [0, 0.05) is 0 Å². The van der Waals surface area contributed by atoms with Crippen LogP contribution in [0.1, 0.15) is 38.5 Å². The monoisotopic (exact) mass is 304 g/mol. The summed E-state index contributed by atoms with van der Waals surface area (Å²) in [5.74, 6) is 0.562. The van der Waals surface area contributed by atoms with Crippen molar-refractivity contribution in [1.82, 2.24) is 9.97 Å². The number of hydrogen-bond donors (Lipinski definition) is 0. The molecule has 88 valence electrons. The fourth-order valence-corrected chi connectivity index (χ4v) is 2.36. The molecule has 1 saturated carbocycles. The highest BCUT2D eigenvalue weighted by atomic mass is 79.9. The first-order chi connectivity index (χ1) is 7.77. The summed E-state index contributed by atoms with van der Waals surface area (Å²) in [6.45, 7) is 0. The Morgan fingerprint density at radius 2 is 1.88 bits per heavy atom. The summed E-state index contributed by atoms with van der Waals surface area (Å²) < 4.78 is 6.52. The molecule has 0 aromatic carbocycles. The number of nitrogens with zero attached hydrogens (tertiary/aromatic N) is 2. The normalized spacial score (nSPS) is 18.1. The first-order valence-corrected chi connectivity index (χ1v) is 6.77. The van der Waals surface area contributed by atoms with Crippen LogP contribution in [0.3, 0.4) is 0 Å². The maximum absolute atomic E-state index is 5.89. The molecule has 1 fully saturated rings. The summed E-state index contributed by atoms with van der Waals surface area (Å²) in [6.07, 6.45) is 9.00. The molecule has 0 amide bonds. The van der Waals surface area contributed by atoms with Crippen LogP contribution in [0.2, 0.25) is 5.15 Å². The zero-order valence-corrected chi connectivity index (χ0v) is 11.3. The van der Waals surface area contributed by atoms with Gasteiger partial charge in [-0.1, -0.05) is 24.4 Å². The Hall–Kier alpha value is -0.350. The third-order valence-corrected chi connectivity index (χ3v) is 4.03. The molecule has 1 aromatic rings. The lowest BCUT2D eigenvalue weighted by molar-refractivity contribution is 0.174. The van der Waals surface area contributed by atoms with E-state index in [0.29, 0.717) is 15.5 Å². The molecule has 1 aliphatic rings. The van der Waals surface area contributed by atoms with Crippen LogP contribution in [0.4, 0.5) is 0 Å². The lowest BCUT2D eigenvalue weighted by Crippen LogP contribution is -2.16. The summed E-state index contributed by atoms with van der Waals surface area (Å²) >= 11 is 9.23. The van der Waals surface area contributed by atoms with E-state index in [1.807, 2.05) is 0 Å². The van der Waals surface area contributed by atoms with Crippen molar-refractivity contribution < 1.29 is 4.74 Å². The van der Waals surface area contributed by atoms with Crippen molar-refractivity contribution in [3.8, 4) is 5.88 Å². The van der Waals surface area contributed by atoms with E-state index >= 15 is 0 Å². The predicted molar refractivity (Wildman–Crippen MR) is 66.9 cm³/mol. The molecule has 0 saturated heterocycles. The molecule has 1 heterocycles. The Balaban J connectivity index is 2.04. The van der Waals surface area contributed by atoms with E-state index in [2.05, 4.69) is 25.9 Å². The second kappa shape index (κ2) is 5.82. The molecule has 0 spiro atoms. The Morgan fingerprint density at radius 1 is 1.19 bits per heavy atom. The zero-order chi connectivity index (χ0) is 11.4. The van der Waals surface area contributed by atoms with E-state index in [9.17, 15) is 0 Å². The summed E-state index contributed by atoms with van der Waals surface area (Å²) in [5.41, 5.74) is 0. The second-order valence-electron chi connectivity index (χ2n) is 4.02. The molecule has 5 heteroatoms. The van der Waals surface area contributed by atoms with Gasteiger partial charge in [-0.2, -0.15) is 0 Å².